The van der Waals surface area contributed by atoms with Crippen LogP contribution in [0.25, 0.3) is 22.8 Å². The van der Waals surface area contributed by atoms with Crippen LogP contribution in [-0.4, -0.2) is 16.2 Å². The molecule has 0 spiro atoms. The van der Waals surface area contributed by atoms with Gasteiger partial charge in [-0.05, 0) is 62.4 Å². The molecule has 3 aromatic rings. The molecule has 26 heavy (non-hydrogen) atoms. The Morgan fingerprint density at radius 2 is 2.08 bits per heavy atom. The maximum absolute atomic E-state index is 9.28. The number of nitrogens with zero attached hydrogens (tertiary/aromatic N) is 3. The number of rotatable bonds is 4. The lowest BCUT2D eigenvalue weighted by Gasteiger charge is -2.10. The summed E-state index contributed by atoms with van der Waals surface area (Å²) in [5.74, 6) is 1.60. The Labute approximate surface area is 152 Å². The number of ether oxygens (including phenoxy) is 1. The lowest BCUT2D eigenvalue weighted by atomic mass is 10.0. The SMILES string of the molecule is CC(C)Oc1cc(C#N)cc(-c2nc(-c3cccc4c3CCC4)no2)c1. The highest BCUT2D eigenvalue weighted by Gasteiger charge is 2.19. The highest BCUT2D eigenvalue weighted by atomic mass is 16.5. The van der Waals surface area contributed by atoms with Crippen molar-refractivity contribution in [2.75, 3.05) is 0 Å². The largest absolute Gasteiger partial charge is 0.491 e. The van der Waals surface area contributed by atoms with Gasteiger partial charge in [-0.2, -0.15) is 10.2 Å². The predicted molar refractivity (Wildman–Crippen MR) is 97.7 cm³/mol. The summed E-state index contributed by atoms with van der Waals surface area (Å²) >= 11 is 0. The van der Waals surface area contributed by atoms with Gasteiger partial charge in [0.2, 0.25) is 5.82 Å². The normalized spacial score (nSPS) is 12.8. The van der Waals surface area contributed by atoms with Gasteiger partial charge in [-0.25, -0.2) is 0 Å². The predicted octanol–water partition coefficient (Wildman–Crippen LogP) is 4.55. The van der Waals surface area contributed by atoms with Gasteiger partial charge < -0.3 is 9.26 Å². The fourth-order valence-electron chi connectivity index (χ4n) is 3.41. The minimum absolute atomic E-state index is 0.0157. The van der Waals surface area contributed by atoms with Gasteiger partial charge in [0.25, 0.3) is 5.89 Å². The molecule has 0 atom stereocenters. The Morgan fingerprint density at radius 3 is 2.88 bits per heavy atom. The van der Waals surface area contributed by atoms with Crippen molar-refractivity contribution in [1.82, 2.24) is 10.1 Å². The highest BCUT2D eigenvalue weighted by Crippen LogP contribution is 2.32. The standard InChI is InChI=1S/C21H19N3O2/c1-13(2)25-17-10-14(12-22)9-16(11-17)21-23-20(24-26-21)19-8-4-6-15-5-3-7-18(15)19/h4,6,8-11,13H,3,5,7H2,1-2H3. The van der Waals surface area contributed by atoms with Gasteiger partial charge >= 0.3 is 0 Å². The van der Waals surface area contributed by atoms with Gasteiger partial charge in [-0.15, -0.1) is 0 Å². The Morgan fingerprint density at radius 1 is 1.19 bits per heavy atom. The fraction of sp³-hybridized carbons (Fsp3) is 0.286. The van der Waals surface area contributed by atoms with Crippen molar-refractivity contribution < 1.29 is 9.26 Å². The lowest BCUT2D eigenvalue weighted by molar-refractivity contribution is 0.242. The van der Waals surface area contributed by atoms with Gasteiger partial charge in [-0.1, -0.05) is 23.4 Å². The van der Waals surface area contributed by atoms with Crippen molar-refractivity contribution in [3.63, 3.8) is 0 Å². The topological polar surface area (TPSA) is 71.9 Å². The van der Waals surface area contributed by atoms with Crippen molar-refractivity contribution in [2.24, 2.45) is 0 Å². The average molecular weight is 345 g/mol. The summed E-state index contributed by atoms with van der Waals surface area (Å²) in [7, 11) is 0. The summed E-state index contributed by atoms with van der Waals surface area (Å²) in [6.07, 6.45) is 3.33. The van der Waals surface area contributed by atoms with Crippen LogP contribution in [-0.2, 0) is 12.8 Å². The number of hydrogen-bond acceptors (Lipinski definition) is 5. The van der Waals surface area contributed by atoms with Crippen molar-refractivity contribution in [1.29, 1.82) is 5.26 Å². The molecular weight excluding hydrogens is 326 g/mol. The summed E-state index contributed by atoms with van der Waals surface area (Å²) in [5, 5.41) is 13.5. The van der Waals surface area contributed by atoms with Crippen LogP contribution in [0.4, 0.5) is 0 Å². The minimum atomic E-state index is 0.0157. The highest BCUT2D eigenvalue weighted by molar-refractivity contribution is 5.66. The van der Waals surface area contributed by atoms with E-state index >= 15 is 0 Å². The van der Waals surface area contributed by atoms with Gasteiger partial charge in [0.1, 0.15) is 5.75 Å². The second-order valence-electron chi connectivity index (χ2n) is 6.74. The Kier molecular flexibility index (Phi) is 4.18. The number of hydrogen-bond donors (Lipinski definition) is 0. The Balaban J connectivity index is 1.73. The van der Waals surface area contributed by atoms with Crippen LogP contribution < -0.4 is 4.74 Å². The molecule has 0 aliphatic heterocycles. The second kappa shape index (κ2) is 6.64. The number of aryl methyl sites for hydroxylation is 1. The number of aromatic nitrogens is 2. The van der Waals surface area contributed by atoms with E-state index in [1.54, 1.807) is 12.1 Å². The maximum atomic E-state index is 9.28. The zero-order chi connectivity index (χ0) is 18.1. The van der Waals surface area contributed by atoms with Gasteiger partial charge in [-0.3, -0.25) is 0 Å². The molecular formula is C21H19N3O2. The first-order valence-corrected chi connectivity index (χ1v) is 8.81. The maximum Gasteiger partial charge on any atom is 0.258 e. The first-order valence-electron chi connectivity index (χ1n) is 8.81. The smallest absolute Gasteiger partial charge is 0.258 e. The first-order chi connectivity index (χ1) is 12.6. The van der Waals surface area contributed by atoms with Gasteiger partial charge in [0, 0.05) is 11.1 Å². The monoisotopic (exact) mass is 345 g/mol. The van der Waals surface area contributed by atoms with Crippen molar-refractivity contribution >= 4 is 0 Å². The fourth-order valence-corrected chi connectivity index (χ4v) is 3.41. The zero-order valence-electron chi connectivity index (χ0n) is 14.8. The number of nitriles is 1. The van der Waals surface area contributed by atoms with E-state index in [2.05, 4.69) is 22.3 Å². The summed E-state index contributed by atoms with van der Waals surface area (Å²) in [5.41, 5.74) is 4.90. The molecule has 5 heteroatoms. The van der Waals surface area contributed by atoms with E-state index in [-0.39, 0.29) is 6.10 Å². The number of fused-ring (bicyclic) bond motifs is 1. The van der Waals surface area contributed by atoms with Crippen LogP contribution in [0.2, 0.25) is 0 Å². The van der Waals surface area contributed by atoms with Crippen molar-refractivity contribution in [3.05, 3.63) is 53.1 Å². The molecule has 2 aromatic carbocycles. The summed E-state index contributed by atoms with van der Waals surface area (Å²) in [6, 6.07) is 13.7. The molecule has 0 N–H and O–H groups in total. The molecule has 0 fully saturated rings. The van der Waals surface area contributed by atoms with Crippen molar-refractivity contribution in [2.45, 2.75) is 39.2 Å². The van der Waals surface area contributed by atoms with Crippen LogP contribution in [0, 0.1) is 11.3 Å². The van der Waals surface area contributed by atoms with Crippen LogP contribution in [0.1, 0.15) is 37.0 Å². The molecule has 4 rings (SSSR count). The molecule has 0 unspecified atom stereocenters. The molecule has 1 aliphatic rings. The zero-order valence-corrected chi connectivity index (χ0v) is 14.8. The van der Waals surface area contributed by atoms with E-state index in [9.17, 15) is 5.26 Å². The second-order valence-corrected chi connectivity index (χ2v) is 6.74. The van der Waals surface area contributed by atoms with E-state index in [0.717, 1.165) is 24.8 Å². The van der Waals surface area contributed by atoms with E-state index in [1.165, 1.54) is 11.1 Å². The van der Waals surface area contributed by atoms with Crippen LogP contribution in [0.15, 0.2) is 40.9 Å². The summed E-state index contributed by atoms with van der Waals surface area (Å²) < 4.78 is 11.2. The third kappa shape index (κ3) is 3.06. The molecule has 5 nitrogen and oxygen atoms in total. The lowest BCUT2D eigenvalue weighted by Crippen LogP contribution is -2.05. The molecule has 0 bridgehead atoms. The molecule has 0 saturated heterocycles. The molecule has 0 radical (unpaired) electrons. The average Bonchev–Trinajstić information content (AvgIpc) is 3.30. The molecule has 0 amide bonds. The third-order valence-electron chi connectivity index (χ3n) is 4.47. The van der Waals surface area contributed by atoms with Gasteiger partial charge in [0.05, 0.1) is 17.7 Å². The van der Waals surface area contributed by atoms with Crippen molar-refractivity contribution in [3.8, 4) is 34.7 Å². The quantitative estimate of drug-likeness (QED) is 0.693. The molecule has 130 valence electrons. The summed E-state index contributed by atoms with van der Waals surface area (Å²) in [6.45, 7) is 3.89. The van der Waals surface area contributed by atoms with E-state index in [0.29, 0.717) is 28.6 Å². The van der Waals surface area contributed by atoms with E-state index < -0.39 is 0 Å². The minimum Gasteiger partial charge on any atom is -0.491 e. The van der Waals surface area contributed by atoms with E-state index in [4.69, 9.17) is 9.26 Å². The third-order valence-corrected chi connectivity index (χ3v) is 4.47. The number of benzene rings is 2. The van der Waals surface area contributed by atoms with Gasteiger partial charge in [0.15, 0.2) is 0 Å². The Hall–Kier alpha value is -3.13. The molecule has 0 saturated carbocycles. The molecule has 1 heterocycles. The molecule has 1 aromatic heterocycles. The van der Waals surface area contributed by atoms with Crippen LogP contribution in [0.5, 0.6) is 5.75 Å². The first kappa shape index (κ1) is 16.3. The van der Waals surface area contributed by atoms with Crippen LogP contribution >= 0.6 is 0 Å². The van der Waals surface area contributed by atoms with E-state index in [1.807, 2.05) is 32.0 Å². The summed E-state index contributed by atoms with van der Waals surface area (Å²) in [4.78, 5) is 4.58. The van der Waals surface area contributed by atoms with Crippen LogP contribution in [0.3, 0.4) is 0 Å². The Bertz CT molecular complexity index is 999. The molecule has 1 aliphatic carbocycles.